The van der Waals surface area contributed by atoms with Crippen LogP contribution in [0.2, 0.25) is 0 Å². The first kappa shape index (κ1) is 19.9. The molecule has 1 N–H and O–H groups in total. The predicted molar refractivity (Wildman–Crippen MR) is 111 cm³/mol. The van der Waals surface area contributed by atoms with Crippen LogP contribution in [0.1, 0.15) is 32.3 Å². The van der Waals surface area contributed by atoms with E-state index in [1.54, 1.807) is 0 Å². The second-order valence-corrected chi connectivity index (χ2v) is 7.34. The van der Waals surface area contributed by atoms with E-state index in [4.69, 9.17) is 9.15 Å². The third-order valence-corrected chi connectivity index (χ3v) is 4.82. The Hall–Kier alpha value is -2.80. The Morgan fingerprint density at radius 3 is 2.61 bits per heavy atom. The van der Waals surface area contributed by atoms with Crippen LogP contribution in [-0.2, 0) is 4.79 Å². The van der Waals surface area contributed by atoms with Gasteiger partial charge in [-0.25, -0.2) is 0 Å². The number of nitrogens with one attached hydrogen (secondary N) is 1. The molecule has 1 heterocycles. The molecule has 3 aromatic rings. The highest BCUT2D eigenvalue weighted by Gasteiger charge is 2.13. The number of ether oxygens (including phenoxy) is 1. The molecular weight excluding hydrogens is 374 g/mol. The summed E-state index contributed by atoms with van der Waals surface area (Å²) in [5, 5.41) is 11.4. The summed E-state index contributed by atoms with van der Waals surface area (Å²) in [6.07, 6.45) is 0. The lowest BCUT2D eigenvalue weighted by Gasteiger charge is -2.13. The largest absolute Gasteiger partial charge is 0.494 e. The topological polar surface area (TPSA) is 77.2 Å². The maximum Gasteiger partial charge on any atom is 0.277 e. The lowest BCUT2D eigenvalue weighted by Crippen LogP contribution is -2.15. The highest BCUT2D eigenvalue weighted by atomic mass is 32.2. The summed E-state index contributed by atoms with van der Waals surface area (Å²) in [5.74, 6) is 1.61. The first-order valence-electron chi connectivity index (χ1n) is 9.15. The van der Waals surface area contributed by atoms with Crippen LogP contribution < -0.4 is 10.1 Å². The fourth-order valence-electron chi connectivity index (χ4n) is 2.67. The van der Waals surface area contributed by atoms with Gasteiger partial charge in [0.2, 0.25) is 11.8 Å². The van der Waals surface area contributed by atoms with Crippen LogP contribution in [0.25, 0.3) is 11.5 Å². The first-order chi connectivity index (χ1) is 13.6. The Balaban J connectivity index is 1.58. The molecule has 3 rings (SSSR count). The van der Waals surface area contributed by atoms with Gasteiger partial charge in [0, 0.05) is 11.3 Å². The molecule has 0 aliphatic rings. The molecule has 0 atom stereocenters. The molecule has 6 nitrogen and oxygen atoms in total. The summed E-state index contributed by atoms with van der Waals surface area (Å²) in [4.78, 5) is 12.3. The number of rotatable bonds is 8. The molecule has 0 radical (unpaired) electrons. The average molecular weight is 398 g/mol. The molecule has 1 aromatic heterocycles. The molecule has 2 aromatic carbocycles. The number of carbonyl (C=O) groups excluding carboxylic acids is 1. The fourth-order valence-corrected chi connectivity index (χ4v) is 3.24. The highest BCUT2D eigenvalue weighted by Crippen LogP contribution is 2.26. The van der Waals surface area contributed by atoms with E-state index in [2.05, 4.69) is 29.4 Å². The average Bonchev–Trinajstić information content (AvgIpc) is 3.16. The number of anilines is 1. The van der Waals surface area contributed by atoms with Crippen molar-refractivity contribution in [2.45, 2.75) is 31.9 Å². The van der Waals surface area contributed by atoms with Gasteiger partial charge in [-0.2, -0.15) is 0 Å². The third-order valence-electron chi connectivity index (χ3n) is 4.00. The van der Waals surface area contributed by atoms with Crippen molar-refractivity contribution < 1.29 is 13.9 Å². The zero-order valence-electron chi connectivity index (χ0n) is 16.1. The minimum Gasteiger partial charge on any atom is -0.494 e. The fraction of sp³-hybridized carbons (Fsp3) is 0.286. The molecule has 7 heteroatoms. The van der Waals surface area contributed by atoms with Gasteiger partial charge in [-0.3, -0.25) is 4.79 Å². The van der Waals surface area contributed by atoms with Crippen molar-refractivity contribution in [2.24, 2.45) is 0 Å². The van der Waals surface area contributed by atoms with Crippen molar-refractivity contribution in [3.63, 3.8) is 0 Å². The molecule has 0 aliphatic carbocycles. The summed E-state index contributed by atoms with van der Waals surface area (Å²) < 4.78 is 11.1. The Kier molecular flexibility index (Phi) is 6.71. The summed E-state index contributed by atoms with van der Waals surface area (Å²) in [6.45, 7) is 6.75. The number of aromatic nitrogens is 2. The van der Waals surface area contributed by atoms with Gasteiger partial charge in [0.05, 0.1) is 12.4 Å². The van der Waals surface area contributed by atoms with Crippen LogP contribution >= 0.6 is 11.8 Å². The van der Waals surface area contributed by atoms with Crippen LogP contribution in [0, 0.1) is 0 Å². The predicted octanol–water partition coefficient (Wildman–Crippen LogP) is 4.99. The summed E-state index contributed by atoms with van der Waals surface area (Å²) >= 11 is 1.21. The van der Waals surface area contributed by atoms with Gasteiger partial charge in [-0.05, 0) is 48.7 Å². The van der Waals surface area contributed by atoms with Crippen LogP contribution in [-0.4, -0.2) is 28.5 Å². The molecule has 1 amide bonds. The van der Waals surface area contributed by atoms with Gasteiger partial charge in [0.15, 0.2) is 0 Å². The molecule has 0 spiro atoms. The van der Waals surface area contributed by atoms with E-state index in [0.717, 1.165) is 22.6 Å². The molecule has 0 saturated heterocycles. The molecule has 0 saturated carbocycles. The molecule has 0 unspecified atom stereocenters. The monoisotopic (exact) mass is 397 g/mol. The van der Waals surface area contributed by atoms with E-state index in [9.17, 15) is 4.79 Å². The van der Waals surface area contributed by atoms with Crippen LogP contribution in [0.15, 0.2) is 58.2 Å². The standard InChI is InChI=1S/C21H23N3O3S/c1-4-26-16-11-9-15(10-12-16)20-23-24-21(27-20)28-13-19(25)22-18-8-6-5-7-17(18)14(2)3/h5-12,14H,4,13H2,1-3H3,(H,22,25). The van der Waals surface area contributed by atoms with Gasteiger partial charge < -0.3 is 14.5 Å². The maximum atomic E-state index is 12.3. The lowest BCUT2D eigenvalue weighted by molar-refractivity contribution is -0.113. The van der Waals surface area contributed by atoms with E-state index in [1.807, 2.05) is 55.5 Å². The third kappa shape index (κ3) is 5.13. The first-order valence-corrected chi connectivity index (χ1v) is 10.1. The quantitative estimate of drug-likeness (QED) is 0.540. The smallest absolute Gasteiger partial charge is 0.277 e. The van der Waals surface area contributed by atoms with E-state index in [-0.39, 0.29) is 11.7 Å². The van der Waals surface area contributed by atoms with E-state index < -0.39 is 0 Å². The normalized spacial score (nSPS) is 10.9. The minimum absolute atomic E-state index is 0.112. The molecular formula is C21H23N3O3S. The molecule has 0 aliphatic heterocycles. The van der Waals surface area contributed by atoms with Crippen molar-refractivity contribution in [1.29, 1.82) is 0 Å². The van der Waals surface area contributed by atoms with Crippen LogP contribution in [0.4, 0.5) is 5.69 Å². The molecule has 0 bridgehead atoms. The zero-order valence-corrected chi connectivity index (χ0v) is 17.0. The lowest BCUT2D eigenvalue weighted by atomic mass is 10.0. The van der Waals surface area contributed by atoms with Crippen molar-refractivity contribution in [2.75, 3.05) is 17.7 Å². The Bertz CT molecular complexity index is 923. The number of benzene rings is 2. The minimum atomic E-state index is -0.112. The van der Waals surface area contributed by atoms with Gasteiger partial charge in [-0.15, -0.1) is 10.2 Å². The second kappa shape index (κ2) is 9.41. The van der Waals surface area contributed by atoms with Gasteiger partial charge in [-0.1, -0.05) is 43.8 Å². The number of hydrogen-bond donors (Lipinski definition) is 1. The van der Waals surface area contributed by atoms with Crippen molar-refractivity contribution in [3.05, 3.63) is 54.1 Å². The Morgan fingerprint density at radius 1 is 1.14 bits per heavy atom. The molecule has 0 fully saturated rings. The van der Waals surface area contributed by atoms with E-state index in [0.29, 0.717) is 23.6 Å². The summed E-state index contributed by atoms with van der Waals surface area (Å²) in [5.41, 5.74) is 2.75. The SMILES string of the molecule is CCOc1ccc(-c2nnc(SCC(=O)Nc3ccccc3C(C)C)o2)cc1. The molecule has 146 valence electrons. The Labute approximate surface area is 168 Å². The van der Waals surface area contributed by atoms with E-state index >= 15 is 0 Å². The van der Waals surface area contributed by atoms with Crippen molar-refractivity contribution >= 4 is 23.4 Å². The van der Waals surface area contributed by atoms with Crippen molar-refractivity contribution in [1.82, 2.24) is 10.2 Å². The number of para-hydroxylation sites is 1. The van der Waals surface area contributed by atoms with Crippen LogP contribution in [0.3, 0.4) is 0 Å². The number of nitrogens with zero attached hydrogens (tertiary/aromatic N) is 2. The molecule has 28 heavy (non-hydrogen) atoms. The van der Waals surface area contributed by atoms with Gasteiger partial charge >= 0.3 is 0 Å². The maximum absolute atomic E-state index is 12.3. The van der Waals surface area contributed by atoms with Gasteiger partial charge in [0.1, 0.15) is 5.75 Å². The number of thioether (sulfide) groups is 1. The Morgan fingerprint density at radius 2 is 1.89 bits per heavy atom. The van der Waals surface area contributed by atoms with Crippen LogP contribution in [0.5, 0.6) is 5.75 Å². The van der Waals surface area contributed by atoms with E-state index in [1.165, 1.54) is 11.8 Å². The number of amides is 1. The number of hydrogen-bond acceptors (Lipinski definition) is 6. The second-order valence-electron chi connectivity index (χ2n) is 6.41. The highest BCUT2D eigenvalue weighted by molar-refractivity contribution is 7.99. The zero-order chi connectivity index (χ0) is 19.9. The number of carbonyl (C=O) groups is 1. The van der Waals surface area contributed by atoms with Crippen molar-refractivity contribution in [3.8, 4) is 17.2 Å². The van der Waals surface area contributed by atoms with Gasteiger partial charge in [0.25, 0.3) is 5.22 Å². The summed E-state index contributed by atoms with van der Waals surface area (Å²) in [7, 11) is 0. The summed E-state index contributed by atoms with van der Waals surface area (Å²) in [6, 6.07) is 15.3.